The number of carbonyl (C=O) groups excluding carboxylic acids is 1. The number of hydrogen-bond acceptors (Lipinski definition) is 4. The second-order valence-electron chi connectivity index (χ2n) is 3.63. The zero-order chi connectivity index (χ0) is 12.8. The third kappa shape index (κ3) is 3.88. The monoisotopic (exact) mass is 237 g/mol. The molecule has 0 radical (unpaired) electrons. The van der Waals surface area contributed by atoms with Crippen LogP contribution in [-0.4, -0.2) is 30.0 Å². The van der Waals surface area contributed by atoms with Crippen molar-refractivity contribution in [1.82, 2.24) is 0 Å². The van der Waals surface area contributed by atoms with Gasteiger partial charge in [-0.3, -0.25) is 9.59 Å². The number of nitrogens with two attached hydrogens (primary N) is 1. The smallest absolute Gasteiger partial charge is 0.303 e. The van der Waals surface area contributed by atoms with E-state index in [-0.39, 0.29) is 18.6 Å². The Morgan fingerprint density at radius 1 is 1.35 bits per heavy atom. The van der Waals surface area contributed by atoms with Gasteiger partial charge in [0.25, 0.3) is 0 Å². The maximum atomic E-state index is 11.8. The van der Waals surface area contributed by atoms with Gasteiger partial charge in [-0.1, -0.05) is 0 Å². The zero-order valence-electron chi connectivity index (χ0n) is 9.55. The van der Waals surface area contributed by atoms with E-state index in [4.69, 9.17) is 15.6 Å². The summed E-state index contributed by atoms with van der Waals surface area (Å²) < 4.78 is 4.97. The van der Waals surface area contributed by atoms with Crippen molar-refractivity contribution in [3.63, 3.8) is 0 Å². The Hall–Kier alpha value is -1.88. The number of aliphatic carboxylic acids is 1. The summed E-state index contributed by atoms with van der Waals surface area (Å²) in [5.74, 6) is -0.558. The van der Waals surface area contributed by atoms with Crippen LogP contribution in [0.4, 0.5) is 0 Å². The number of methoxy groups -OCH3 is 1. The normalized spacial score (nSPS) is 11.9. The first-order valence-corrected chi connectivity index (χ1v) is 5.20. The van der Waals surface area contributed by atoms with Gasteiger partial charge in [0.2, 0.25) is 0 Å². The molecule has 0 aliphatic rings. The first kappa shape index (κ1) is 13.2. The third-order valence-electron chi connectivity index (χ3n) is 2.38. The Morgan fingerprint density at radius 2 is 1.94 bits per heavy atom. The molecule has 0 spiro atoms. The van der Waals surface area contributed by atoms with E-state index in [0.29, 0.717) is 11.3 Å². The van der Waals surface area contributed by atoms with E-state index in [1.54, 1.807) is 24.3 Å². The lowest BCUT2D eigenvalue weighted by atomic mass is 10.0. The summed E-state index contributed by atoms with van der Waals surface area (Å²) in [6.45, 7) is 0. The predicted molar refractivity (Wildman–Crippen MR) is 62.2 cm³/mol. The molecule has 0 bridgehead atoms. The van der Waals surface area contributed by atoms with Crippen molar-refractivity contribution in [3.05, 3.63) is 29.8 Å². The van der Waals surface area contributed by atoms with Crippen LogP contribution in [0.15, 0.2) is 24.3 Å². The minimum atomic E-state index is -0.956. The molecule has 0 aliphatic carbocycles. The van der Waals surface area contributed by atoms with Gasteiger partial charge >= 0.3 is 5.97 Å². The van der Waals surface area contributed by atoms with Gasteiger partial charge < -0.3 is 15.6 Å². The van der Waals surface area contributed by atoms with Gasteiger partial charge in [0.1, 0.15) is 5.75 Å². The maximum absolute atomic E-state index is 11.8. The average molecular weight is 237 g/mol. The van der Waals surface area contributed by atoms with E-state index in [1.807, 2.05) is 0 Å². The van der Waals surface area contributed by atoms with Crippen molar-refractivity contribution in [2.24, 2.45) is 5.73 Å². The van der Waals surface area contributed by atoms with Gasteiger partial charge in [-0.25, -0.2) is 0 Å². The number of carboxylic acids is 1. The Bertz CT molecular complexity index is 399. The molecule has 1 rings (SSSR count). The fourth-order valence-corrected chi connectivity index (χ4v) is 1.38. The molecule has 0 heterocycles. The van der Waals surface area contributed by atoms with Gasteiger partial charge in [-0.05, 0) is 30.7 Å². The van der Waals surface area contributed by atoms with Gasteiger partial charge in [0.05, 0.1) is 13.2 Å². The fraction of sp³-hybridized carbons (Fsp3) is 0.333. The molecule has 1 aromatic rings. The van der Waals surface area contributed by atoms with Crippen LogP contribution in [0.2, 0.25) is 0 Å². The molecule has 0 aliphatic heterocycles. The van der Waals surface area contributed by atoms with Crippen molar-refractivity contribution in [1.29, 1.82) is 0 Å². The first-order chi connectivity index (χ1) is 8.04. The topological polar surface area (TPSA) is 89.6 Å². The van der Waals surface area contributed by atoms with Crippen molar-refractivity contribution < 1.29 is 19.4 Å². The molecule has 92 valence electrons. The van der Waals surface area contributed by atoms with E-state index in [9.17, 15) is 9.59 Å². The molecule has 5 nitrogen and oxygen atoms in total. The molecule has 0 saturated heterocycles. The summed E-state index contributed by atoms with van der Waals surface area (Å²) in [6.07, 6.45) is 0.0310. The molecule has 5 heteroatoms. The third-order valence-corrected chi connectivity index (χ3v) is 2.38. The van der Waals surface area contributed by atoms with E-state index in [1.165, 1.54) is 7.11 Å². The standard InChI is InChI=1S/C12H15NO4/c1-17-9-4-2-8(3-5-9)12(16)10(13)6-7-11(14)15/h2-5,10H,6-7,13H2,1H3,(H,14,15). The Kier molecular flexibility index (Phi) is 4.66. The minimum Gasteiger partial charge on any atom is -0.497 e. The average Bonchev–Trinajstić information content (AvgIpc) is 2.35. The summed E-state index contributed by atoms with van der Waals surface area (Å²) in [5, 5.41) is 8.50. The SMILES string of the molecule is COc1ccc(C(=O)C(N)CCC(=O)O)cc1. The molecule has 0 saturated carbocycles. The number of carbonyl (C=O) groups is 2. The van der Waals surface area contributed by atoms with Crippen molar-refractivity contribution >= 4 is 11.8 Å². The molecule has 0 aromatic heterocycles. The van der Waals surface area contributed by atoms with Crippen molar-refractivity contribution in [2.75, 3.05) is 7.11 Å². The number of carboxylic acid groups (broad SMARTS) is 1. The molecule has 0 amide bonds. The summed E-state index contributed by atoms with van der Waals surface area (Å²) in [5.41, 5.74) is 6.09. The minimum absolute atomic E-state index is 0.108. The van der Waals surface area contributed by atoms with Crippen LogP contribution in [0.25, 0.3) is 0 Å². The number of rotatable bonds is 6. The van der Waals surface area contributed by atoms with Crippen LogP contribution >= 0.6 is 0 Å². The summed E-state index contributed by atoms with van der Waals surface area (Å²) >= 11 is 0. The highest BCUT2D eigenvalue weighted by atomic mass is 16.5. The molecule has 17 heavy (non-hydrogen) atoms. The van der Waals surface area contributed by atoms with Crippen LogP contribution in [0.1, 0.15) is 23.2 Å². The van der Waals surface area contributed by atoms with Crippen molar-refractivity contribution in [3.8, 4) is 5.75 Å². The maximum Gasteiger partial charge on any atom is 0.303 e. The van der Waals surface area contributed by atoms with Crippen LogP contribution in [0.5, 0.6) is 5.75 Å². The second-order valence-corrected chi connectivity index (χ2v) is 3.63. The predicted octanol–water partition coefficient (Wildman–Crippen LogP) is 1.07. The Balaban J connectivity index is 2.64. The van der Waals surface area contributed by atoms with E-state index >= 15 is 0 Å². The Morgan fingerprint density at radius 3 is 2.41 bits per heavy atom. The number of ketones is 1. The largest absolute Gasteiger partial charge is 0.497 e. The molecule has 1 aromatic carbocycles. The van der Waals surface area contributed by atoms with Gasteiger partial charge in [-0.2, -0.15) is 0 Å². The summed E-state index contributed by atoms with van der Waals surface area (Å²) in [7, 11) is 1.54. The summed E-state index contributed by atoms with van der Waals surface area (Å²) in [4.78, 5) is 22.2. The van der Waals surface area contributed by atoms with Gasteiger partial charge in [-0.15, -0.1) is 0 Å². The van der Waals surface area contributed by atoms with Crippen LogP contribution in [0.3, 0.4) is 0 Å². The summed E-state index contributed by atoms with van der Waals surface area (Å²) in [6, 6.07) is 5.78. The fourth-order valence-electron chi connectivity index (χ4n) is 1.38. The molecule has 0 fully saturated rings. The first-order valence-electron chi connectivity index (χ1n) is 5.20. The quantitative estimate of drug-likeness (QED) is 0.722. The molecule has 1 atom stereocenters. The van der Waals surface area contributed by atoms with Crippen LogP contribution in [-0.2, 0) is 4.79 Å². The molecule has 3 N–H and O–H groups in total. The number of benzene rings is 1. The van der Waals surface area contributed by atoms with Crippen molar-refractivity contribution in [2.45, 2.75) is 18.9 Å². The van der Waals surface area contributed by atoms with Gasteiger partial charge in [0.15, 0.2) is 5.78 Å². The van der Waals surface area contributed by atoms with Crippen LogP contribution in [0, 0.1) is 0 Å². The lowest BCUT2D eigenvalue weighted by molar-refractivity contribution is -0.137. The second kappa shape index (κ2) is 6.00. The lowest BCUT2D eigenvalue weighted by Crippen LogP contribution is -2.31. The highest BCUT2D eigenvalue weighted by Crippen LogP contribution is 2.13. The number of ether oxygens (including phenoxy) is 1. The molecular formula is C12H15NO4. The Labute approximate surface area is 99.2 Å². The number of hydrogen-bond donors (Lipinski definition) is 2. The van der Waals surface area contributed by atoms with Crippen LogP contribution < -0.4 is 10.5 Å². The highest BCUT2D eigenvalue weighted by Gasteiger charge is 2.16. The van der Waals surface area contributed by atoms with Gasteiger partial charge in [0, 0.05) is 12.0 Å². The van der Waals surface area contributed by atoms with E-state index in [2.05, 4.69) is 0 Å². The highest BCUT2D eigenvalue weighted by molar-refractivity contribution is 6.00. The van der Waals surface area contributed by atoms with E-state index in [0.717, 1.165) is 0 Å². The zero-order valence-corrected chi connectivity index (χ0v) is 9.55. The molecular weight excluding hydrogens is 222 g/mol. The van der Waals surface area contributed by atoms with E-state index < -0.39 is 12.0 Å². The molecule has 1 unspecified atom stereocenters. The lowest BCUT2D eigenvalue weighted by Gasteiger charge is -2.09. The number of Topliss-reactive ketones (excluding diaryl/α,β-unsaturated/α-hetero) is 1.